The number of anilines is 1. The number of nitrogens with one attached hydrogen (secondary N) is 1. The van der Waals surface area contributed by atoms with Gasteiger partial charge in [-0.3, -0.25) is 4.72 Å². The van der Waals surface area contributed by atoms with Crippen LogP contribution in [0, 0.1) is 0 Å². The summed E-state index contributed by atoms with van der Waals surface area (Å²) < 4.78 is 27.8. The largest absolute Gasteiger partial charge is 0.392 e. The predicted molar refractivity (Wildman–Crippen MR) is 74.9 cm³/mol. The molecule has 18 heavy (non-hydrogen) atoms. The highest BCUT2D eigenvalue weighted by Gasteiger charge is 2.34. The highest BCUT2D eigenvalue weighted by molar-refractivity contribution is 9.10. The summed E-state index contributed by atoms with van der Waals surface area (Å²) in [5, 5.41) is 9.10. The van der Waals surface area contributed by atoms with Crippen LogP contribution in [0.5, 0.6) is 0 Å². The molecule has 1 aliphatic rings. The summed E-state index contributed by atoms with van der Waals surface area (Å²) in [5.74, 6) is 0. The first-order chi connectivity index (χ1) is 8.49. The van der Waals surface area contributed by atoms with E-state index in [1.165, 1.54) is 0 Å². The number of aliphatic hydroxyl groups excluding tert-OH is 1. The monoisotopic (exact) mass is 333 g/mol. The minimum absolute atomic E-state index is 0.521. The van der Waals surface area contributed by atoms with Gasteiger partial charge in [0.2, 0.25) is 10.0 Å². The zero-order valence-corrected chi connectivity index (χ0v) is 12.2. The minimum atomic E-state index is -3.51. The second-order valence-corrected chi connectivity index (χ2v) is 7.36. The van der Waals surface area contributed by atoms with Gasteiger partial charge < -0.3 is 5.11 Å². The fourth-order valence-electron chi connectivity index (χ4n) is 2.20. The summed E-state index contributed by atoms with van der Waals surface area (Å²) in [6.07, 6.45) is 2.07. The lowest BCUT2D eigenvalue weighted by atomic mass is 9.97. The molecule has 2 rings (SSSR count). The number of hydrogen-bond donors (Lipinski definition) is 2. The van der Waals surface area contributed by atoms with Crippen LogP contribution in [0.3, 0.4) is 0 Å². The molecule has 4 nitrogen and oxygen atoms in total. The van der Waals surface area contributed by atoms with E-state index in [1.54, 1.807) is 24.3 Å². The second-order valence-electron chi connectivity index (χ2n) is 4.54. The van der Waals surface area contributed by atoms with E-state index in [0.717, 1.165) is 17.3 Å². The van der Waals surface area contributed by atoms with Crippen molar-refractivity contribution in [3.8, 4) is 0 Å². The molecule has 0 saturated heterocycles. The number of benzene rings is 1. The van der Waals surface area contributed by atoms with Gasteiger partial charge >= 0.3 is 0 Å². The Labute approximate surface area is 116 Å². The molecule has 0 unspecified atom stereocenters. The molecule has 1 aliphatic carbocycles. The van der Waals surface area contributed by atoms with Crippen molar-refractivity contribution >= 4 is 31.6 Å². The molecule has 0 amide bonds. The molecular formula is C12H16BrNO3S. The average molecular weight is 334 g/mol. The van der Waals surface area contributed by atoms with Gasteiger partial charge in [-0.15, -0.1) is 0 Å². The third-order valence-electron chi connectivity index (χ3n) is 3.17. The summed E-state index contributed by atoms with van der Waals surface area (Å²) in [4.78, 5) is 0. The lowest BCUT2D eigenvalue weighted by Gasteiger charge is -2.27. The first-order valence-electron chi connectivity index (χ1n) is 5.94. The van der Waals surface area contributed by atoms with Crippen LogP contribution in [-0.4, -0.2) is 24.9 Å². The van der Waals surface area contributed by atoms with Crippen molar-refractivity contribution in [3.63, 3.8) is 0 Å². The highest BCUT2D eigenvalue weighted by Crippen LogP contribution is 2.26. The van der Waals surface area contributed by atoms with Crippen LogP contribution in [0.1, 0.15) is 25.7 Å². The van der Waals surface area contributed by atoms with Crippen molar-refractivity contribution in [2.75, 3.05) is 4.72 Å². The van der Waals surface area contributed by atoms with Gasteiger partial charge in [0.25, 0.3) is 0 Å². The summed E-state index contributed by atoms with van der Waals surface area (Å²) in [6.45, 7) is 0. The SMILES string of the molecule is O=S(=O)(Nc1ccc(Br)cc1)[C@@H]1CCCC[C@H]1O. The number of rotatable bonds is 3. The molecule has 1 aromatic rings. The second kappa shape index (κ2) is 5.59. The smallest absolute Gasteiger partial charge is 0.238 e. The van der Waals surface area contributed by atoms with E-state index in [0.29, 0.717) is 18.5 Å². The Morgan fingerprint density at radius 1 is 1.17 bits per heavy atom. The van der Waals surface area contributed by atoms with Crippen LogP contribution in [-0.2, 0) is 10.0 Å². The van der Waals surface area contributed by atoms with Gasteiger partial charge in [0.15, 0.2) is 0 Å². The Kier molecular flexibility index (Phi) is 4.29. The molecule has 1 saturated carbocycles. The molecule has 6 heteroatoms. The Balaban J connectivity index is 2.13. The van der Waals surface area contributed by atoms with Gasteiger partial charge in [-0.1, -0.05) is 28.8 Å². The third-order valence-corrected chi connectivity index (χ3v) is 5.57. The van der Waals surface area contributed by atoms with Crippen molar-refractivity contribution in [3.05, 3.63) is 28.7 Å². The summed E-state index contributed by atoms with van der Waals surface area (Å²) >= 11 is 3.29. The molecule has 0 bridgehead atoms. The van der Waals surface area contributed by atoms with Crippen molar-refractivity contribution in [2.24, 2.45) is 0 Å². The molecule has 100 valence electrons. The lowest BCUT2D eigenvalue weighted by Crippen LogP contribution is -2.40. The summed E-state index contributed by atoms with van der Waals surface area (Å²) in [7, 11) is -3.51. The van der Waals surface area contributed by atoms with Crippen molar-refractivity contribution in [1.29, 1.82) is 0 Å². The topological polar surface area (TPSA) is 66.4 Å². The van der Waals surface area contributed by atoms with Crippen LogP contribution in [0.15, 0.2) is 28.7 Å². The normalized spacial score (nSPS) is 24.8. The van der Waals surface area contributed by atoms with E-state index in [2.05, 4.69) is 20.7 Å². The maximum absolute atomic E-state index is 12.2. The number of hydrogen-bond acceptors (Lipinski definition) is 3. The molecule has 1 aromatic carbocycles. The average Bonchev–Trinajstić information content (AvgIpc) is 2.32. The van der Waals surface area contributed by atoms with E-state index < -0.39 is 21.4 Å². The van der Waals surface area contributed by atoms with Gasteiger partial charge in [0, 0.05) is 10.2 Å². The molecular weight excluding hydrogens is 318 g/mol. The zero-order valence-electron chi connectivity index (χ0n) is 9.84. The van der Waals surface area contributed by atoms with Gasteiger partial charge in [-0.25, -0.2) is 8.42 Å². The Morgan fingerprint density at radius 2 is 1.78 bits per heavy atom. The van der Waals surface area contributed by atoms with Gasteiger partial charge in [-0.2, -0.15) is 0 Å². The Morgan fingerprint density at radius 3 is 2.39 bits per heavy atom. The Hall–Kier alpha value is -0.590. The molecule has 0 spiro atoms. The molecule has 0 aromatic heterocycles. The van der Waals surface area contributed by atoms with E-state index in [4.69, 9.17) is 0 Å². The first-order valence-corrected chi connectivity index (χ1v) is 8.28. The molecule has 0 aliphatic heterocycles. The predicted octanol–water partition coefficient (Wildman–Crippen LogP) is 2.49. The van der Waals surface area contributed by atoms with Crippen molar-refractivity contribution < 1.29 is 13.5 Å². The standard InChI is InChI=1S/C12H16BrNO3S/c13-9-5-7-10(8-6-9)14-18(16,17)12-4-2-1-3-11(12)15/h5-8,11-12,14-15H,1-4H2/t11-,12-/m1/s1. The molecule has 1 fully saturated rings. The molecule has 2 N–H and O–H groups in total. The fraction of sp³-hybridized carbons (Fsp3) is 0.500. The first kappa shape index (κ1) is 13.8. The molecule has 2 atom stereocenters. The van der Waals surface area contributed by atoms with Gasteiger partial charge in [-0.05, 0) is 37.1 Å². The van der Waals surface area contributed by atoms with Crippen molar-refractivity contribution in [2.45, 2.75) is 37.0 Å². The summed E-state index contributed by atoms with van der Waals surface area (Å²) in [6, 6.07) is 6.93. The van der Waals surface area contributed by atoms with Gasteiger partial charge in [0.05, 0.1) is 6.10 Å². The summed E-state index contributed by atoms with van der Waals surface area (Å²) in [5.41, 5.74) is 0.524. The number of halogens is 1. The number of sulfonamides is 1. The highest BCUT2D eigenvalue weighted by atomic mass is 79.9. The van der Waals surface area contributed by atoms with E-state index >= 15 is 0 Å². The van der Waals surface area contributed by atoms with Crippen LogP contribution in [0.2, 0.25) is 0 Å². The third kappa shape index (κ3) is 3.24. The van der Waals surface area contributed by atoms with E-state index in [9.17, 15) is 13.5 Å². The van der Waals surface area contributed by atoms with Crippen LogP contribution < -0.4 is 4.72 Å². The Bertz CT molecular complexity index is 501. The van der Waals surface area contributed by atoms with Crippen LogP contribution in [0.4, 0.5) is 5.69 Å². The zero-order chi connectivity index (χ0) is 13.2. The molecule has 0 heterocycles. The van der Waals surface area contributed by atoms with E-state index in [-0.39, 0.29) is 0 Å². The maximum atomic E-state index is 12.2. The fourth-order valence-corrected chi connectivity index (χ4v) is 4.10. The minimum Gasteiger partial charge on any atom is -0.392 e. The van der Waals surface area contributed by atoms with E-state index in [1.807, 2.05) is 0 Å². The number of aliphatic hydroxyl groups is 1. The van der Waals surface area contributed by atoms with Crippen molar-refractivity contribution in [1.82, 2.24) is 0 Å². The quantitative estimate of drug-likeness (QED) is 0.893. The molecule has 0 radical (unpaired) electrons. The van der Waals surface area contributed by atoms with Gasteiger partial charge in [0.1, 0.15) is 5.25 Å². The van der Waals surface area contributed by atoms with Crippen LogP contribution in [0.25, 0.3) is 0 Å². The van der Waals surface area contributed by atoms with Crippen LogP contribution >= 0.6 is 15.9 Å². The maximum Gasteiger partial charge on any atom is 0.238 e. The lowest BCUT2D eigenvalue weighted by molar-refractivity contribution is 0.133.